The molecule has 0 unspecified atom stereocenters. The minimum Gasteiger partial charge on any atom is -0.338 e. The Hall–Kier alpha value is -1.38. The van der Waals surface area contributed by atoms with Crippen LogP contribution in [0.25, 0.3) is 0 Å². The van der Waals surface area contributed by atoms with Crippen LogP contribution in [0.3, 0.4) is 0 Å². The van der Waals surface area contributed by atoms with E-state index in [1.807, 2.05) is 24.2 Å². The molecule has 1 aliphatic heterocycles. The van der Waals surface area contributed by atoms with Gasteiger partial charge in [-0.3, -0.25) is 9.78 Å². The van der Waals surface area contributed by atoms with Gasteiger partial charge in [-0.2, -0.15) is 0 Å². The molecule has 1 saturated heterocycles. The summed E-state index contributed by atoms with van der Waals surface area (Å²) < 4.78 is 0. The molecule has 0 N–H and O–H groups in total. The molecule has 0 aliphatic carbocycles. The first-order chi connectivity index (χ1) is 6.81. The standard InChI is InChI=1S/C11H14N2O/c1-9-5-10(7-12-6-9)11-3-2-4-13(11)8-14/h5-8,11H,2-4H2,1H3/t11-/m0/s1. The van der Waals surface area contributed by atoms with Gasteiger partial charge in [0, 0.05) is 18.9 Å². The number of pyridine rings is 1. The SMILES string of the molecule is Cc1cncc([C@@H]2CCCN2C=O)c1. The highest BCUT2D eigenvalue weighted by Crippen LogP contribution is 2.30. The van der Waals surface area contributed by atoms with Crippen molar-refractivity contribution in [1.82, 2.24) is 9.88 Å². The number of hydrogen-bond acceptors (Lipinski definition) is 2. The largest absolute Gasteiger partial charge is 0.338 e. The number of carbonyl (C=O) groups is 1. The molecule has 2 heterocycles. The van der Waals surface area contributed by atoms with Crippen molar-refractivity contribution >= 4 is 6.41 Å². The van der Waals surface area contributed by atoms with E-state index in [4.69, 9.17) is 0 Å². The lowest BCUT2D eigenvalue weighted by Gasteiger charge is -2.19. The van der Waals surface area contributed by atoms with Crippen LogP contribution in [0.2, 0.25) is 0 Å². The summed E-state index contributed by atoms with van der Waals surface area (Å²) in [5.41, 5.74) is 2.31. The first-order valence-corrected chi connectivity index (χ1v) is 4.94. The second kappa shape index (κ2) is 3.78. The van der Waals surface area contributed by atoms with E-state index in [0.717, 1.165) is 36.9 Å². The fraction of sp³-hybridized carbons (Fsp3) is 0.455. The molecule has 1 amide bonds. The van der Waals surface area contributed by atoms with E-state index in [2.05, 4.69) is 11.1 Å². The minimum absolute atomic E-state index is 0.250. The summed E-state index contributed by atoms with van der Waals surface area (Å²) in [6.07, 6.45) is 6.80. The lowest BCUT2D eigenvalue weighted by atomic mass is 10.1. The highest BCUT2D eigenvalue weighted by molar-refractivity contribution is 5.49. The normalized spacial score (nSPS) is 21.2. The lowest BCUT2D eigenvalue weighted by molar-refractivity contribution is -0.118. The van der Waals surface area contributed by atoms with Crippen LogP contribution in [-0.2, 0) is 4.79 Å². The second-order valence-electron chi connectivity index (χ2n) is 3.80. The predicted molar refractivity (Wildman–Crippen MR) is 53.7 cm³/mol. The van der Waals surface area contributed by atoms with Gasteiger partial charge in [0.1, 0.15) is 0 Å². The molecule has 0 radical (unpaired) electrons. The number of rotatable bonds is 2. The summed E-state index contributed by atoms with van der Waals surface area (Å²) in [4.78, 5) is 16.8. The first-order valence-electron chi connectivity index (χ1n) is 4.94. The Balaban J connectivity index is 2.25. The molecule has 1 aromatic rings. The molecule has 74 valence electrons. The summed E-state index contributed by atoms with van der Waals surface area (Å²) in [6, 6.07) is 2.36. The Morgan fingerprint density at radius 1 is 1.57 bits per heavy atom. The van der Waals surface area contributed by atoms with Crippen LogP contribution in [0.5, 0.6) is 0 Å². The fourth-order valence-electron chi connectivity index (χ4n) is 2.03. The minimum atomic E-state index is 0.250. The Kier molecular flexibility index (Phi) is 2.48. The fourth-order valence-corrected chi connectivity index (χ4v) is 2.03. The monoisotopic (exact) mass is 190 g/mol. The van der Waals surface area contributed by atoms with E-state index in [-0.39, 0.29) is 6.04 Å². The molecular formula is C11H14N2O. The van der Waals surface area contributed by atoms with Crippen molar-refractivity contribution < 1.29 is 4.79 Å². The number of aromatic nitrogens is 1. The summed E-state index contributed by atoms with van der Waals surface area (Å²) in [6.45, 7) is 2.90. The topological polar surface area (TPSA) is 33.2 Å². The van der Waals surface area contributed by atoms with Crippen molar-refractivity contribution in [2.75, 3.05) is 6.54 Å². The molecule has 1 aliphatic rings. The molecule has 0 bridgehead atoms. The number of hydrogen-bond donors (Lipinski definition) is 0. The van der Waals surface area contributed by atoms with Gasteiger partial charge in [-0.05, 0) is 30.9 Å². The smallest absolute Gasteiger partial charge is 0.210 e. The third-order valence-corrected chi connectivity index (χ3v) is 2.71. The predicted octanol–water partition coefficient (Wildman–Crippen LogP) is 1.68. The maximum Gasteiger partial charge on any atom is 0.210 e. The van der Waals surface area contributed by atoms with Gasteiger partial charge in [0.15, 0.2) is 0 Å². The van der Waals surface area contributed by atoms with E-state index in [1.54, 1.807) is 0 Å². The summed E-state index contributed by atoms with van der Waals surface area (Å²) in [7, 11) is 0. The lowest BCUT2D eigenvalue weighted by Crippen LogP contribution is -2.21. The molecule has 0 saturated carbocycles. The Bertz CT molecular complexity index is 338. The van der Waals surface area contributed by atoms with E-state index >= 15 is 0 Å². The number of carbonyl (C=O) groups excluding carboxylic acids is 1. The Labute approximate surface area is 83.8 Å². The van der Waals surface area contributed by atoms with Crippen molar-refractivity contribution in [3.05, 3.63) is 29.6 Å². The van der Waals surface area contributed by atoms with Gasteiger partial charge in [-0.25, -0.2) is 0 Å². The molecule has 3 nitrogen and oxygen atoms in total. The molecule has 1 atom stereocenters. The van der Waals surface area contributed by atoms with Crippen LogP contribution in [0.15, 0.2) is 18.5 Å². The molecular weight excluding hydrogens is 176 g/mol. The van der Waals surface area contributed by atoms with Crippen LogP contribution in [0.1, 0.15) is 30.0 Å². The van der Waals surface area contributed by atoms with Gasteiger partial charge in [-0.15, -0.1) is 0 Å². The van der Waals surface area contributed by atoms with Gasteiger partial charge >= 0.3 is 0 Å². The van der Waals surface area contributed by atoms with Crippen LogP contribution >= 0.6 is 0 Å². The zero-order valence-corrected chi connectivity index (χ0v) is 8.31. The average Bonchev–Trinajstić information content (AvgIpc) is 2.65. The molecule has 0 aromatic carbocycles. The Morgan fingerprint density at radius 2 is 2.43 bits per heavy atom. The van der Waals surface area contributed by atoms with Crippen molar-refractivity contribution in [3.8, 4) is 0 Å². The quantitative estimate of drug-likeness (QED) is 0.665. The van der Waals surface area contributed by atoms with Gasteiger partial charge in [-0.1, -0.05) is 6.07 Å². The number of amides is 1. The number of likely N-dealkylation sites (tertiary alicyclic amines) is 1. The summed E-state index contributed by atoms with van der Waals surface area (Å²) in [5.74, 6) is 0. The van der Waals surface area contributed by atoms with Crippen molar-refractivity contribution in [3.63, 3.8) is 0 Å². The van der Waals surface area contributed by atoms with Gasteiger partial charge in [0.2, 0.25) is 6.41 Å². The average molecular weight is 190 g/mol. The third-order valence-electron chi connectivity index (χ3n) is 2.71. The molecule has 1 fully saturated rings. The van der Waals surface area contributed by atoms with Crippen molar-refractivity contribution in [2.24, 2.45) is 0 Å². The van der Waals surface area contributed by atoms with Crippen LogP contribution < -0.4 is 0 Å². The van der Waals surface area contributed by atoms with E-state index in [0.29, 0.717) is 0 Å². The van der Waals surface area contributed by atoms with Crippen molar-refractivity contribution in [2.45, 2.75) is 25.8 Å². The third kappa shape index (κ3) is 1.62. The highest BCUT2D eigenvalue weighted by Gasteiger charge is 2.24. The zero-order chi connectivity index (χ0) is 9.97. The van der Waals surface area contributed by atoms with E-state index in [9.17, 15) is 4.79 Å². The van der Waals surface area contributed by atoms with Gasteiger partial charge < -0.3 is 4.90 Å². The van der Waals surface area contributed by atoms with E-state index in [1.165, 1.54) is 0 Å². The van der Waals surface area contributed by atoms with Gasteiger partial charge in [0.25, 0.3) is 0 Å². The van der Waals surface area contributed by atoms with Gasteiger partial charge in [0.05, 0.1) is 6.04 Å². The molecule has 1 aromatic heterocycles. The van der Waals surface area contributed by atoms with E-state index < -0.39 is 0 Å². The number of aryl methyl sites for hydroxylation is 1. The van der Waals surface area contributed by atoms with Crippen LogP contribution in [0, 0.1) is 6.92 Å². The summed E-state index contributed by atoms with van der Waals surface area (Å²) >= 11 is 0. The van der Waals surface area contributed by atoms with Crippen LogP contribution in [0.4, 0.5) is 0 Å². The highest BCUT2D eigenvalue weighted by atomic mass is 16.1. The van der Waals surface area contributed by atoms with Crippen LogP contribution in [-0.4, -0.2) is 22.8 Å². The Morgan fingerprint density at radius 3 is 3.14 bits per heavy atom. The first kappa shape index (κ1) is 9.19. The second-order valence-corrected chi connectivity index (χ2v) is 3.80. The zero-order valence-electron chi connectivity index (χ0n) is 8.31. The summed E-state index contributed by atoms with van der Waals surface area (Å²) in [5, 5.41) is 0. The maximum absolute atomic E-state index is 10.8. The molecule has 14 heavy (non-hydrogen) atoms. The molecule has 3 heteroatoms. The molecule has 0 spiro atoms. The molecule has 2 rings (SSSR count). The number of nitrogens with zero attached hydrogens (tertiary/aromatic N) is 2. The maximum atomic E-state index is 10.8. The van der Waals surface area contributed by atoms with Crippen molar-refractivity contribution in [1.29, 1.82) is 0 Å².